The Morgan fingerprint density at radius 2 is 1.66 bits per heavy atom. The summed E-state index contributed by atoms with van der Waals surface area (Å²) in [4.78, 5) is 35.2. The Labute approximate surface area is 249 Å². The molecule has 0 radical (unpaired) electrons. The largest absolute Gasteiger partial charge is 0.510 e. The van der Waals surface area contributed by atoms with Crippen molar-refractivity contribution in [3.8, 4) is 5.88 Å². The SMILES string of the molecule is CCOc1nc(N)nc2c1ncn2[C@@H]1O[C@](F)(COP(=O)(OCOC(=O)OC(C)C)OCOC(=O)OC(C)C)C(O)[C@@]1(C)F. The van der Waals surface area contributed by atoms with E-state index < -0.39 is 76.4 Å². The Morgan fingerprint density at radius 1 is 1.09 bits per heavy atom. The number of imidazole rings is 1. The van der Waals surface area contributed by atoms with Crippen LogP contribution in [0.3, 0.4) is 0 Å². The Kier molecular flexibility index (Phi) is 11.3. The molecule has 248 valence electrons. The number of alkyl halides is 2. The van der Waals surface area contributed by atoms with Crippen LogP contribution >= 0.6 is 7.82 Å². The second-order valence-corrected chi connectivity index (χ2v) is 11.5. The fourth-order valence-electron chi connectivity index (χ4n) is 3.69. The van der Waals surface area contributed by atoms with E-state index in [2.05, 4.69) is 24.4 Å². The summed E-state index contributed by atoms with van der Waals surface area (Å²) < 4.78 is 90.1. The Hall–Kier alpha value is -3.42. The third-order valence-corrected chi connectivity index (χ3v) is 6.82. The van der Waals surface area contributed by atoms with Gasteiger partial charge in [-0.15, -0.1) is 0 Å². The number of ether oxygens (including phenoxy) is 6. The number of phosphoric ester groups is 1. The van der Waals surface area contributed by atoms with Crippen LogP contribution in [0.25, 0.3) is 11.2 Å². The summed E-state index contributed by atoms with van der Waals surface area (Å²) in [5.41, 5.74) is 2.78. The number of rotatable bonds is 14. The highest BCUT2D eigenvalue weighted by atomic mass is 31.2. The van der Waals surface area contributed by atoms with Crippen molar-refractivity contribution in [1.29, 1.82) is 0 Å². The molecule has 0 bridgehead atoms. The number of nitrogens with zero attached hydrogens (tertiary/aromatic N) is 4. The molecule has 3 N–H and O–H groups in total. The molecule has 3 heterocycles. The predicted molar refractivity (Wildman–Crippen MR) is 141 cm³/mol. The van der Waals surface area contributed by atoms with Crippen molar-refractivity contribution in [1.82, 2.24) is 19.5 Å². The van der Waals surface area contributed by atoms with Crippen molar-refractivity contribution in [2.45, 2.75) is 77.6 Å². The summed E-state index contributed by atoms with van der Waals surface area (Å²) in [5, 5.41) is 10.7. The second kappa shape index (κ2) is 14.1. The van der Waals surface area contributed by atoms with Crippen molar-refractivity contribution in [2.75, 3.05) is 32.5 Å². The predicted octanol–water partition coefficient (Wildman–Crippen LogP) is 3.29. The van der Waals surface area contributed by atoms with Gasteiger partial charge >= 0.3 is 20.1 Å². The number of carbonyl (C=O) groups is 2. The second-order valence-electron chi connectivity index (χ2n) is 9.79. The summed E-state index contributed by atoms with van der Waals surface area (Å²) in [7, 11) is -5.00. The molecule has 1 aliphatic heterocycles. The third-order valence-electron chi connectivity index (χ3n) is 5.53. The van der Waals surface area contributed by atoms with Crippen LogP contribution in [0.2, 0.25) is 0 Å². The molecule has 44 heavy (non-hydrogen) atoms. The van der Waals surface area contributed by atoms with Crippen LogP contribution in [0, 0.1) is 0 Å². The Balaban J connectivity index is 1.80. The number of nitrogen functional groups attached to an aromatic ring is 1. The maximum Gasteiger partial charge on any atom is 0.510 e. The Bertz CT molecular complexity index is 1330. The van der Waals surface area contributed by atoms with Crippen LogP contribution in [0.1, 0.15) is 47.8 Å². The smallest absolute Gasteiger partial charge is 0.476 e. The molecule has 1 fully saturated rings. The number of hydrogen-bond donors (Lipinski definition) is 2. The van der Waals surface area contributed by atoms with E-state index in [-0.39, 0.29) is 29.6 Å². The number of halogens is 2. The minimum Gasteiger partial charge on any atom is -0.476 e. The number of hydrogen-bond acceptors (Lipinski definition) is 17. The number of nitrogens with two attached hydrogens (primary N) is 1. The van der Waals surface area contributed by atoms with Gasteiger partial charge in [0.2, 0.25) is 25.4 Å². The van der Waals surface area contributed by atoms with Gasteiger partial charge in [0.25, 0.3) is 5.85 Å². The highest BCUT2D eigenvalue weighted by Gasteiger charge is 2.65. The molecule has 3 rings (SSSR count). The monoisotopic (exact) mass is 657 g/mol. The summed E-state index contributed by atoms with van der Waals surface area (Å²) in [6, 6.07) is 0. The van der Waals surface area contributed by atoms with E-state index in [4.69, 9.17) is 38.3 Å². The molecule has 21 heteroatoms. The number of aliphatic hydroxyl groups is 1. The quantitative estimate of drug-likeness (QED) is 0.169. The van der Waals surface area contributed by atoms with Crippen molar-refractivity contribution in [3.63, 3.8) is 0 Å². The minimum absolute atomic E-state index is 0.0306. The molecule has 0 aliphatic carbocycles. The van der Waals surface area contributed by atoms with Gasteiger partial charge in [-0.3, -0.25) is 9.09 Å². The van der Waals surface area contributed by atoms with Crippen molar-refractivity contribution in [2.24, 2.45) is 0 Å². The molecular formula is C23H34F2N5O13P. The molecule has 1 saturated heterocycles. The molecule has 0 saturated carbocycles. The first kappa shape index (κ1) is 35.1. The third kappa shape index (κ3) is 8.39. The number of phosphoric acid groups is 1. The van der Waals surface area contributed by atoms with Gasteiger partial charge in [0, 0.05) is 0 Å². The van der Waals surface area contributed by atoms with Crippen LogP contribution < -0.4 is 10.5 Å². The van der Waals surface area contributed by atoms with Crippen molar-refractivity contribution >= 4 is 37.2 Å². The highest BCUT2D eigenvalue weighted by Crippen LogP contribution is 2.54. The first-order chi connectivity index (χ1) is 20.5. The summed E-state index contributed by atoms with van der Waals surface area (Å²) in [5.74, 6) is -3.70. The van der Waals surface area contributed by atoms with Gasteiger partial charge in [0.15, 0.2) is 29.2 Å². The van der Waals surface area contributed by atoms with E-state index in [1.54, 1.807) is 6.92 Å². The van der Waals surface area contributed by atoms with E-state index >= 15 is 8.78 Å². The fraction of sp³-hybridized carbons (Fsp3) is 0.696. The fourth-order valence-corrected chi connectivity index (χ4v) is 4.61. The zero-order chi connectivity index (χ0) is 32.9. The number of aromatic nitrogens is 4. The summed E-state index contributed by atoms with van der Waals surface area (Å²) in [6.45, 7) is 5.12. The molecule has 1 unspecified atom stereocenters. The lowest BCUT2D eigenvalue weighted by atomic mass is 9.97. The number of fused-ring (bicyclic) bond motifs is 1. The zero-order valence-electron chi connectivity index (χ0n) is 24.6. The molecule has 0 aromatic carbocycles. The first-order valence-electron chi connectivity index (χ1n) is 13.1. The van der Waals surface area contributed by atoms with Gasteiger partial charge in [0.1, 0.15) is 6.61 Å². The van der Waals surface area contributed by atoms with E-state index in [0.29, 0.717) is 0 Å². The molecule has 1 aliphatic rings. The van der Waals surface area contributed by atoms with Crippen molar-refractivity contribution < 1.29 is 70.0 Å². The van der Waals surface area contributed by atoms with Crippen LogP contribution in [0.15, 0.2) is 6.33 Å². The van der Waals surface area contributed by atoms with Gasteiger partial charge in [0.05, 0.1) is 25.1 Å². The van der Waals surface area contributed by atoms with Gasteiger partial charge in [-0.25, -0.2) is 37.0 Å². The molecule has 2 aromatic heterocycles. The molecule has 18 nitrogen and oxygen atoms in total. The number of carbonyl (C=O) groups excluding carboxylic acids is 2. The topological polar surface area (TPSA) is 224 Å². The lowest BCUT2D eigenvalue weighted by Crippen LogP contribution is -2.46. The van der Waals surface area contributed by atoms with E-state index in [1.807, 2.05) is 0 Å². The van der Waals surface area contributed by atoms with Gasteiger partial charge < -0.3 is 39.3 Å². The summed E-state index contributed by atoms with van der Waals surface area (Å²) in [6.07, 6.45) is -7.03. The van der Waals surface area contributed by atoms with Crippen LogP contribution in [-0.4, -0.2) is 93.6 Å². The lowest BCUT2D eigenvalue weighted by molar-refractivity contribution is -0.205. The van der Waals surface area contributed by atoms with Crippen LogP contribution in [-0.2, 0) is 41.8 Å². The first-order valence-corrected chi connectivity index (χ1v) is 14.5. The Morgan fingerprint density at radius 3 is 2.18 bits per heavy atom. The van der Waals surface area contributed by atoms with Crippen molar-refractivity contribution in [3.05, 3.63) is 6.33 Å². The molecule has 4 atom stereocenters. The maximum absolute atomic E-state index is 16.0. The summed E-state index contributed by atoms with van der Waals surface area (Å²) >= 11 is 0. The van der Waals surface area contributed by atoms with Gasteiger partial charge in [-0.05, 0) is 41.5 Å². The highest BCUT2D eigenvalue weighted by molar-refractivity contribution is 7.48. The average molecular weight is 658 g/mol. The average Bonchev–Trinajstić information content (AvgIpc) is 3.39. The number of aliphatic hydroxyl groups excluding tert-OH is 1. The molecule has 2 aromatic rings. The van der Waals surface area contributed by atoms with Gasteiger partial charge in [-0.2, -0.15) is 9.97 Å². The molecule has 0 amide bonds. The molecular weight excluding hydrogens is 623 g/mol. The van der Waals surface area contributed by atoms with E-state index in [9.17, 15) is 19.3 Å². The van der Waals surface area contributed by atoms with Crippen LogP contribution in [0.4, 0.5) is 24.3 Å². The normalized spacial score (nSPS) is 23.7. The van der Waals surface area contributed by atoms with Gasteiger partial charge in [-0.1, -0.05) is 0 Å². The zero-order valence-corrected chi connectivity index (χ0v) is 25.5. The standard InChI is InChI=1S/C23H34F2N5O13P/c1-7-35-16-14-15(28-19(26)29-16)30(9-27-14)18-22(6,24)17(31)23(25,43-18)8-38-44(34,39-10-36-20(32)41-12(2)3)40-11-37-21(33)42-13(4)5/h9,12-13,17-18,31H,7-8,10-11H2,1-6H3,(H2,26,28,29)/t17?,18-,22-,23-/m1/s1. The maximum atomic E-state index is 16.0. The lowest BCUT2D eigenvalue weighted by Gasteiger charge is -2.26. The molecule has 0 spiro atoms. The van der Waals surface area contributed by atoms with E-state index in [0.717, 1.165) is 17.8 Å². The van der Waals surface area contributed by atoms with E-state index in [1.165, 1.54) is 27.7 Å². The van der Waals surface area contributed by atoms with Crippen LogP contribution in [0.5, 0.6) is 5.88 Å². The minimum atomic E-state index is -5.00. The number of anilines is 1.